The third-order valence-electron chi connectivity index (χ3n) is 2.27. The van der Waals surface area contributed by atoms with Crippen molar-refractivity contribution in [3.63, 3.8) is 0 Å². The van der Waals surface area contributed by atoms with Gasteiger partial charge in [0.25, 0.3) is 0 Å². The van der Waals surface area contributed by atoms with E-state index in [1.807, 2.05) is 6.07 Å². The molecule has 0 spiro atoms. The van der Waals surface area contributed by atoms with Crippen molar-refractivity contribution in [2.45, 2.75) is 6.54 Å². The molecule has 0 aliphatic carbocycles. The van der Waals surface area contributed by atoms with Crippen molar-refractivity contribution < 1.29 is 8.78 Å². The average Bonchev–Trinajstić information content (AvgIpc) is 2.36. The summed E-state index contributed by atoms with van der Waals surface area (Å²) in [4.78, 5) is 4.52. The molecule has 5 heteroatoms. The van der Waals surface area contributed by atoms with Gasteiger partial charge in [-0.15, -0.1) is 0 Å². The van der Waals surface area contributed by atoms with Crippen molar-refractivity contribution in [3.05, 3.63) is 65.5 Å². The van der Waals surface area contributed by atoms with E-state index < -0.39 is 11.6 Å². The van der Waals surface area contributed by atoms with Crippen LogP contribution in [-0.4, -0.2) is 9.97 Å². The molecule has 1 aromatic heterocycles. The molecule has 92 valence electrons. The lowest BCUT2D eigenvalue weighted by molar-refractivity contribution is 0.579. The zero-order valence-corrected chi connectivity index (χ0v) is 10.2. The third kappa shape index (κ3) is 3.30. The van der Waals surface area contributed by atoms with Crippen LogP contribution in [0.2, 0.25) is 0 Å². The summed E-state index contributed by atoms with van der Waals surface area (Å²) >= 11 is 5.12. The number of rotatable bonds is 3. The number of benzene rings is 1. The second kappa shape index (κ2) is 5.64. The lowest BCUT2D eigenvalue weighted by Crippen LogP contribution is -2.22. The summed E-state index contributed by atoms with van der Waals surface area (Å²) in [6.07, 6.45) is 1.63. The van der Waals surface area contributed by atoms with Crippen LogP contribution in [0.1, 0.15) is 11.3 Å². The highest BCUT2D eigenvalue weighted by molar-refractivity contribution is 7.80. The first-order chi connectivity index (χ1) is 8.65. The summed E-state index contributed by atoms with van der Waals surface area (Å²) in [5.74, 6) is -1.20. The monoisotopic (exact) mass is 264 g/mol. The number of pyridine rings is 1. The molecule has 18 heavy (non-hydrogen) atoms. The summed E-state index contributed by atoms with van der Waals surface area (Å²) in [7, 11) is 0. The molecule has 0 aliphatic heterocycles. The van der Waals surface area contributed by atoms with Gasteiger partial charge in [-0.05, 0) is 29.8 Å². The summed E-state index contributed by atoms with van der Waals surface area (Å²) in [5.41, 5.74) is 1.12. The van der Waals surface area contributed by atoms with Gasteiger partial charge in [0.15, 0.2) is 0 Å². The fraction of sp³-hybridized carbons (Fsp3) is 0.0769. The Kier molecular flexibility index (Phi) is 3.94. The molecule has 1 heterocycles. The molecule has 0 bridgehead atoms. The van der Waals surface area contributed by atoms with Crippen LogP contribution in [0.25, 0.3) is 0 Å². The topological polar surface area (TPSA) is 24.9 Å². The summed E-state index contributed by atoms with van der Waals surface area (Å²) < 4.78 is 25.9. The Balaban J connectivity index is 2.02. The molecule has 1 N–H and O–H groups in total. The predicted octanol–water partition coefficient (Wildman–Crippen LogP) is 2.83. The molecule has 0 unspecified atom stereocenters. The average molecular weight is 264 g/mol. The van der Waals surface area contributed by atoms with E-state index in [0.29, 0.717) is 16.2 Å². The first kappa shape index (κ1) is 12.6. The van der Waals surface area contributed by atoms with Crippen LogP contribution in [0.3, 0.4) is 0 Å². The number of nitrogens with zero attached hydrogens (tertiary/aromatic N) is 1. The van der Waals surface area contributed by atoms with E-state index in [0.717, 1.165) is 6.07 Å². The third-order valence-corrected chi connectivity index (χ3v) is 2.63. The first-order valence-corrected chi connectivity index (χ1v) is 5.70. The van der Waals surface area contributed by atoms with Gasteiger partial charge in [0.2, 0.25) is 0 Å². The van der Waals surface area contributed by atoms with E-state index in [2.05, 4.69) is 10.3 Å². The summed E-state index contributed by atoms with van der Waals surface area (Å²) in [6, 6.07) is 8.72. The molecule has 0 radical (unpaired) electrons. The van der Waals surface area contributed by atoms with Crippen molar-refractivity contribution >= 4 is 17.2 Å². The quantitative estimate of drug-likeness (QED) is 0.863. The Hall–Kier alpha value is -1.88. The fourth-order valence-electron chi connectivity index (χ4n) is 1.48. The Morgan fingerprint density at radius 1 is 1.17 bits per heavy atom. The van der Waals surface area contributed by atoms with Gasteiger partial charge in [-0.25, -0.2) is 8.78 Å². The van der Waals surface area contributed by atoms with Gasteiger partial charge in [-0.3, -0.25) is 4.98 Å². The van der Waals surface area contributed by atoms with Crippen LogP contribution in [0, 0.1) is 11.6 Å². The smallest absolute Gasteiger partial charge is 0.126 e. The molecule has 0 aliphatic rings. The van der Waals surface area contributed by atoms with Crippen molar-refractivity contribution in [2.24, 2.45) is 0 Å². The largest absolute Gasteiger partial charge is 0.370 e. The van der Waals surface area contributed by atoms with Crippen LogP contribution in [-0.2, 0) is 6.54 Å². The summed E-state index contributed by atoms with van der Waals surface area (Å²) in [5, 5.41) is 2.91. The van der Waals surface area contributed by atoms with Gasteiger partial charge < -0.3 is 5.32 Å². The minimum absolute atomic E-state index is 0.254. The molecule has 2 rings (SSSR count). The fourth-order valence-corrected chi connectivity index (χ4v) is 1.68. The minimum Gasteiger partial charge on any atom is -0.370 e. The number of aromatic nitrogens is 1. The molecular formula is C13H10F2N2S. The van der Waals surface area contributed by atoms with Gasteiger partial charge in [-0.2, -0.15) is 0 Å². The molecule has 0 saturated heterocycles. The van der Waals surface area contributed by atoms with E-state index >= 15 is 0 Å². The van der Waals surface area contributed by atoms with E-state index in [9.17, 15) is 8.78 Å². The molecular weight excluding hydrogens is 254 g/mol. The van der Waals surface area contributed by atoms with Gasteiger partial charge in [0.05, 0.1) is 5.69 Å². The van der Waals surface area contributed by atoms with Crippen molar-refractivity contribution in [2.75, 3.05) is 0 Å². The van der Waals surface area contributed by atoms with Gasteiger partial charge in [0.1, 0.15) is 16.6 Å². The van der Waals surface area contributed by atoms with E-state index in [-0.39, 0.29) is 6.54 Å². The van der Waals surface area contributed by atoms with E-state index in [1.54, 1.807) is 18.3 Å². The number of hydrogen-bond acceptors (Lipinski definition) is 2. The number of nitrogens with one attached hydrogen (secondary N) is 1. The zero-order chi connectivity index (χ0) is 13.0. The molecule has 2 nitrogen and oxygen atoms in total. The minimum atomic E-state index is -0.601. The maximum absolute atomic E-state index is 13.0. The molecule has 0 amide bonds. The highest BCUT2D eigenvalue weighted by Crippen LogP contribution is 2.08. The van der Waals surface area contributed by atoms with Crippen LogP contribution in [0.5, 0.6) is 0 Å². The molecule has 0 fully saturated rings. The SMILES string of the molecule is Fc1cc(F)cc(CNC(=S)c2ccccn2)c1. The maximum Gasteiger partial charge on any atom is 0.126 e. The standard InChI is InChI=1S/C13H10F2N2S/c14-10-5-9(6-11(15)7-10)8-17-13(18)12-3-1-2-4-16-12/h1-7H,8H2,(H,17,18). The van der Waals surface area contributed by atoms with Crippen molar-refractivity contribution in [1.29, 1.82) is 0 Å². The van der Waals surface area contributed by atoms with Crippen molar-refractivity contribution in [1.82, 2.24) is 10.3 Å². The highest BCUT2D eigenvalue weighted by Gasteiger charge is 2.03. The second-order valence-corrected chi connectivity index (χ2v) is 4.08. The lowest BCUT2D eigenvalue weighted by atomic mass is 10.2. The Bertz CT molecular complexity index is 538. The second-order valence-electron chi connectivity index (χ2n) is 3.68. The van der Waals surface area contributed by atoms with Crippen LogP contribution in [0.4, 0.5) is 8.78 Å². The lowest BCUT2D eigenvalue weighted by Gasteiger charge is -2.07. The zero-order valence-electron chi connectivity index (χ0n) is 9.36. The van der Waals surface area contributed by atoms with Crippen molar-refractivity contribution in [3.8, 4) is 0 Å². The Morgan fingerprint density at radius 3 is 2.50 bits per heavy atom. The predicted molar refractivity (Wildman–Crippen MR) is 69.1 cm³/mol. The molecule has 2 aromatic rings. The molecule has 0 atom stereocenters. The number of thiocarbonyl (C=S) groups is 1. The molecule has 0 saturated carbocycles. The van der Waals surface area contributed by atoms with Crippen LogP contribution in [0.15, 0.2) is 42.6 Å². The Morgan fingerprint density at radius 2 is 1.89 bits per heavy atom. The van der Waals surface area contributed by atoms with Crippen LogP contribution < -0.4 is 5.32 Å². The summed E-state index contributed by atoms with van der Waals surface area (Å²) in [6.45, 7) is 0.254. The Labute approximate surface area is 109 Å². The maximum atomic E-state index is 13.0. The normalized spacial score (nSPS) is 10.1. The van der Waals surface area contributed by atoms with Gasteiger partial charge in [-0.1, -0.05) is 18.3 Å². The van der Waals surface area contributed by atoms with E-state index in [4.69, 9.17) is 12.2 Å². The highest BCUT2D eigenvalue weighted by atomic mass is 32.1. The van der Waals surface area contributed by atoms with Crippen LogP contribution >= 0.6 is 12.2 Å². The number of halogens is 2. The van der Waals surface area contributed by atoms with Gasteiger partial charge >= 0.3 is 0 Å². The van der Waals surface area contributed by atoms with Gasteiger partial charge in [0, 0.05) is 18.8 Å². The number of hydrogen-bond donors (Lipinski definition) is 1. The first-order valence-electron chi connectivity index (χ1n) is 5.29. The molecule has 1 aromatic carbocycles. The van der Waals surface area contributed by atoms with E-state index in [1.165, 1.54) is 12.1 Å².